The van der Waals surface area contributed by atoms with Crippen LogP contribution >= 0.6 is 0 Å². The van der Waals surface area contributed by atoms with E-state index in [0.29, 0.717) is 40.9 Å². The molecule has 6 heteroatoms. The molecule has 0 saturated heterocycles. The summed E-state index contributed by atoms with van der Waals surface area (Å²) in [6.45, 7) is 0.348. The normalized spacial score (nSPS) is 10.2. The van der Waals surface area contributed by atoms with Gasteiger partial charge in [-0.2, -0.15) is 0 Å². The van der Waals surface area contributed by atoms with Gasteiger partial charge in [0.1, 0.15) is 12.4 Å². The predicted octanol–water partition coefficient (Wildman–Crippen LogP) is 4.54. The molecule has 0 spiro atoms. The second-order valence-electron chi connectivity index (χ2n) is 6.14. The maximum absolute atomic E-state index is 12.8. The average molecular weight is 393 g/mol. The number of rotatable bonds is 8. The maximum Gasteiger partial charge on any atom is 0.256 e. The molecule has 3 aromatic carbocycles. The lowest BCUT2D eigenvalue weighted by molar-refractivity contribution is 0.102. The van der Waals surface area contributed by atoms with Crippen molar-refractivity contribution in [3.05, 3.63) is 77.9 Å². The molecule has 0 fully saturated rings. The van der Waals surface area contributed by atoms with Crippen molar-refractivity contribution in [1.82, 2.24) is 0 Å². The Hall–Kier alpha value is -3.67. The number of amides is 1. The van der Waals surface area contributed by atoms with Crippen LogP contribution in [0, 0.1) is 0 Å². The molecule has 0 aliphatic heterocycles. The van der Waals surface area contributed by atoms with Gasteiger partial charge in [-0.05, 0) is 29.8 Å². The summed E-state index contributed by atoms with van der Waals surface area (Å²) < 4.78 is 22.1. The number of anilines is 1. The quantitative estimate of drug-likeness (QED) is 0.608. The molecule has 6 nitrogen and oxygen atoms in total. The Bertz CT molecular complexity index is 947. The van der Waals surface area contributed by atoms with Crippen LogP contribution in [0.4, 0.5) is 5.69 Å². The van der Waals surface area contributed by atoms with Gasteiger partial charge in [0.15, 0.2) is 11.5 Å². The molecule has 29 heavy (non-hydrogen) atoms. The van der Waals surface area contributed by atoms with E-state index in [9.17, 15) is 4.79 Å². The van der Waals surface area contributed by atoms with Gasteiger partial charge in [0.25, 0.3) is 5.91 Å². The zero-order valence-corrected chi connectivity index (χ0v) is 16.6. The third-order valence-corrected chi connectivity index (χ3v) is 4.30. The first-order valence-corrected chi connectivity index (χ1v) is 9.03. The van der Waals surface area contributed by atoms with E-state index < -0.39 is 0 Å². The van der Waals surface area contributed by atoms with Crippen molar-refractivity contribution >= 4 is 11.6 Å². The molecule has 0 atom stereocenters. The minimum absolute atomic E-state index is 0.319. The minimum atomic E-state index is -0.319. The van der Waals surface area contributed by atoms with Crippen LogP contribution in [0.25, 0.3) is 0 Å². The first-order chi connectivity index (χ1) is 14.2. The standard InChI is InChI=1S/C23H23NO5/c1-26-19-12-8-7-11-18(19)24-23(25)17-13-20(27-2)22(21(14-17)28-3)29-15-16-9-5-4-6-10-16/h4-14H,15H2,1-3H3,(H,24,25). The van der Waals surface area contributed by atoms with Crippen LogP contribution in [0.1, 0.15) is 15.9 Å². The molecule has 3 aromatic rings. The molecule has 3 rings (SSSR count). The fourth-order valence-electron chi connectivity index (χ4n) is 2.83. The van der Waals surface area contributed by atoms with Crippen molar-refractivity contribution in [2.24, 2.45) is 0 Å². The highest BCUT2D eigenvalue weighted by Gasteiger charge is 2.19. The van der Waals surface area contributed by atoms with Gasteiger partial charge in [-0.3, -0.25) is 4.79 Å². The molecule has 0 unspecified atom stereocenters. The Morgan fingerprint density at radius 2 is 1.38 bits per heavy atom. The largest absolute Gasteiger partial charge is 0.495 e. The molecular weight excluding hydrogens is 370 g/mol. The molecule has 1 amide bonds. The van der Waals surface area contributed by atoms with Gasteiger partial charge in [0.05, 0.1) is 27.0 Å². The average Bonchev–Trinajstić information content (AvgIpc) is 2.78. The second-order valence-corrected chi connectivity index (χ2v) is 6.14. The molecule has 0 heterocycles. The molecule has 0 aromatic heterocycles. The van der Waals surface area contributed by atoms with Crippen LogP contribution in [-0.2, 0) is 6.61 Å². The van der Waals surface area contributed by atoms with Crippen LogP contribution < -0.4 is 24.3 Å². The van der Waals surface area contributed by atoms with E-state index in [2.05, 4.69) is 5.32 Å². The lowest BCUT2D eigenvalue weighted by Crippen LogP contribution is -2.13. The summed E-state index contributed by atoms with van der Waals surface area (Å²) in [5.41, 5.74) is 1.95. The van der Waals surface area contributed by atoms with Gasteiger partial charge >= 0.3 is 0 Å². The smallest absolute Gasteiger partial charge is 0.256 e. The van der Waals surface area contributed by atoms with Crippen molar-refractivity contribution in [3.63, 3.8) is 0 Å². The Labute approximate surface area is 170 Å². The number of para-hydroxylation sites is 2. The Balaban J connectivity index is 1.85. The molecule has 0 aliphatic rings. The lowest BCUT2D eigenvalue weighted by atomic mass is 10.1. The third-order valence-electron chi connectivity index (χ3n) is 4.30. The third kappa shape index (κ3) is 4.79. The Kier molecular flexibility index (Phi) is 6.58. The summed E-state index contributed by atoms with van der Waals surface area (Å²) in [5.74, 6) is 1.51. The van der Waals surface area contributed by atoms with E-state index in [0.717, 1.165) is 5.56 Å². The van der Waals surface area contributed by atoms with Gasteiger partial charge in [0.2, 0.25) is 5.75 Å². The van der Waals surface area contributed by atoms with E-state index in [1.807, 2.05) is 42.5 Å². The van der Waals surface area contributed by atoms with Crippen LogP contribution in [-0.4, -0.2) is 27.2 Å². The van der Waals surface area contributed by atoms with Crippen molar-refractivity contribution in [1.29, 1.82) is 0 Å². The van der Waals surface area contributed by atoms with Gasteiger partial charge in [-0.1, -0.05) is 42.5 Å². The predicted molar refractivity (Wildman–Crippen MR) is 111 cm³/mol. The topological polar surface area (TPSA) is 66.0 Å². The first-order valence-electron chi connectivity index (χ1n) is 9.03. The molecule has 1 N–H and O–H groups in total. The summed E-state index contributed by atoms with van der Waals surface area (Å²) in [7, 11) is 4.59. The fraction of sp³-hybridized carbons (Fsp3) is 0.174. The number of carbonyl (C=O) groups is 1. The van der Waals surface area contributed by atoms with Crippen LogP contribution in [0.2, 0.25) is 0 Å². The summed E-state index contributed by atoms with van der Waals surface area (Å²) in [5, 5.41) is 2.84. The van der Waals surface area contributed by atoms with Gasteiger partial charge in [-0.25, -0.2) is 0 Å². The zero-order chi connectivity index (χ0) is 20.6. The van der Waals surface area contributed by atoms with E-state index in [4.69, 9.17) is 18.9 Å². The Morgan fingerprint density at radius 3 is 2.00 bits per heavy atom. The number of ether oxygens (including phenoxy) is 4. The molecule has 0 aliphatic carbocycles. The molecule has 0 radical (unpaired) electrons. The van der Waals surface area contributed by atoms with Crippen molar-refractivity contribution in [2.75, 3.05) is 26.6 Å². The maximum atomic E-state index is 12.8. The van der Waals surface area contributed by atoms with Crippen molar-refractivity contribution in [3.8, 4) is 23.0 Å². The molecule has 0 saturated carbocycles. The minimum Gasteiger partial charge on any atom is -0.495 e. The SMILES string of the molecule is COc1ccccc1NC(=O)c1cc(OC)c(OCc2ccccc2)c(OC)c1. The number of carbonyl (C=O) groups excluding carboxylic acids is 1. The van der Waals surface area contributed by atoms with E-state index >= 15 is 0 Å². The van der Waals surface area contributed by atoms with Crippen molar-refractivity contribution < 1.29 is 23.7 Å². The van der Waals surface area contributed by atoms with Crippen molar-refractivity contribution in [2.45, 2.75) is 6.61 Å². The van der Waals surface area contributed by atoms with E-state index in [1.165, 1.54) is 14.2 Å². The monoisotopic (exact) mass is 393 g/mol. The van der Waals surface area contributed by atoms with Crippen LogP contribution in [0.5, 0.6) is 23.0 Å². The van der Waals surface area contributed by atoms with Crippen LogP contribution in [0.15, 0.2) is 66.7 Å². The molecule has 0 bridgehead atoms. The summed E-state index contributed by atoms with van der Waals surface area (Å²) in [6, 6.07) is 20.2. The number of benzene rings is 3. The number of hydrogen-bond donors (Lipinski definition) is 1. The number of nitrogens with one attached hydrogen (secondary N) is 1. The second kappa shape index (κ2) is 9.50. The van der Waals surface area contributed by atoms with E-state index in [-0.39, 0.29) is 5.91 Å². The zero-order valence-electron chi connectivity index (χ0n) is 16.6. The summed E-state index contributed by atoms with van der Waals surface area (Å²) >= 11 is 0. The number of hydrogen-bond acceptors (Lipinski definition) is 5. The highest BCUT2D eigenvalue weighted by atomic mass is 16.5. The Morgan fingerprint density at radius 1 is 0.793 bits per heavy atom. The highest BCUT2D eigenvalue weighted by Crippen LogP contribution is 2.39. The van der Waals surface area contributed by atoms with Gasteiger partial charge in [-0.15, -0.1) is 0 Å². The molecule has 150 valence electrons. The van der Waals surface area contributed by atoms with E-state index in [1.54, 1.807) is 31.4 Å². The summed E-state index contributed by atoms with van der Waals surface area (Å²) in [6.07, 6.45) is 0. The van der Waals surface area contributed by atoms with Gasteiger partial charge in [0, 0.05) is 5.56 Å². The molecular formula is C23H23NO5. The fourth-order valence-corrected chi connectivity index (χ4v) is 2.83. The van der Waals surface area contributed by atoms with Gasteiger partial charge < -0.3 is 24.3 Å². The number of methoxy groups -OCH3 is 3. The first kappa shape index (κ1) is 20.1. The van der Waals surface area contributed by atoms with Crippen LogP contribution in [0.3, 0.4) is 0 Å². The summed E-state index contributed by atoms with van der Waals surface area (Å²) in [4.78, 5) is 12.8. The lowest BCUT2D eigenvalue weighted by Gasteiger charge is -2.16. The highest BCUT2D eigenvalue weighted by molar-refractivity contribution is 6.05.